The molecule has 1 aliphatic carbocycles. The van der Waals surface area contributed by atoms with Crippen molar-refractivity contribution in [3.8, 4) is 0 Å². The molecule has 1 unspecified atom stereocenters. The maximum atomic E-state index is 12.4. The minimum Gasteiger partial charge on any atom is -0.334 e. The van der Waals surface area contributed by atoms with Gasteiger partial charge in [-0.15, -0.1) is 0 Å². The van der Waals surface area contributed by atoms with Crippen LogP contribution in [0.4, 0.5) is 5.69 Å². The summed E-state index contributed by atoms with van der Waals surface area (Å²) in [7, 11) is 1.97. The van der Waals surface area contributed by atoms with E-state index >= 15 is 0 Å². The summed E-state index contributed by atoms with van der Waals surface area (Å²) in [5.74, 6) is 0.367. The largest absolute Gasteiger partial charge is 0.334 e. The van der Waals surface area contributed by atoms with Gasteiger partial charge < -0.3 is 15.2 Å². The molecule has 5 nitrogen and oxygen atoms in total. The molecule has 1 spiro atoms. The summed E-state index contributed by atoms with van der Waals surface area (Å²) in [5.41, 5.74) is 3.13. The second-order valence-corrected chi connectivity index (χ2v) is 6.42. The third-order valence-electron chi connectivity index (χ3n) is 5.10. The van der Waals surface area contributed by atoms with Crippen LogP contribution in [0, 0.1) is 11.3 Å². The first-order valence-corrected chi connectivity index (χ1v) is 7.61. The number of fused-ring (bicyclic) bond motifs is 1. The Hall–Kier alpha value is -1.88. The highest BCUT2D eigenvalue weighted by atomic mass is 16.2. The maximum absolute atomic E-state index is 12.4. The van der Waals surface area contributed by atoms with Crippen molar-refractivity contribution in [2.45, 2.75) is 19.3 Å². The molecular weight excluding hydrogens is 264 g/mol. The standard InChI is InChI=1S/C16H20N4O/c1-20-10-18-13-8-11(2-3-14(13)20)19-15(21)12-9-16(12)4-6-17-7-5-16/h2-3,8,10,12,17H,4-7,9H2,1H3,(H,19,21). The van der Waals surface area contributed by atoms with E-state index in [1.807, 2.05) is 29.8 Å². The number of nitrogens with zero attached hydrogens (tertiary/aromatic N) is 2. The summed E-state index contributed by atoms with van der Waals surface area (Å²) < 4.78 is 1.98. The summed E-state index contributed by atoms with van der Waals surface area (Å²) in [4.78, 5) is 16.8. The van der Waals surface area contributed by atoms with Crippen molar-refractivity contribution in [3.05, 3.63) is 24.5 Å². The molecule has 1 saturated carbocycles. The van der Waals surface area contributed by atoms with Crippen LogP contribution in [0.3, 0.4) is 0 Å². The van der Waals surface area contributed by atoms with Crippen LogP contribution in [0.1, 0.15) is 19.3 Å². The Balaban J connectivity index is 1.48. The van der Waals surface area contributed by atoms with Gasteiger partial charge in [-0.05, 0) is 56.0 Å². The van der Waals surface area contributed by atoms with Gasteiger partial charge in [0.05, 0.1) is 17.4 Å². The number of imidazole rings is 1. The molecule has 5 heteroatoms. The fourth-order valence-corrected chi connectivity index (χ4v) is 3.64. The Bertz CT molecular complexity index is 699. The lowest BCUT2D eigenvalue weighted by Crippen LogP contribution is -2.31. The van der Waals surface area contributed by atoms with Gasteiger partial charge in [-0.25, -0.2) is 4.98 Å². The van der Waals surface area contributed by atoms with Crippen molar-refractivity contribution < 1.29 is 4.79 Å². The molecule has 110 valence electrons. The molecule has 2 aromatic rings. The van der Waals surface area contributed by atoms with E-state index in [0.29, 0.717) is 0 Å². The molecule has 2 aliphatic rings. The summed E-state index contributed by atoms with van der Waals surface area (Å²) in [6, 6.07) is 5.91. The first kappa shape index (κ1) is 12.8. The number of carbonyl (C=O) groups is 1. The van der Waals surface area contributed by atoms with Crippen LogP contribution in [0.5, 0.6) is 0 Å². The molecule has 2 N–H and O–H groups in total. The number of benzene rings is 1. The van der Waals surface area contributed by atoms with Gasteiger partial charge in [-0.3, -0.25) is 4.79 Å². The monoisotopic (exact) mass is 284 g/mol. The van der Waals surface area contributed by atoms with E-state index in [0.717, 1.165) is 49.1 Å². The number of rotatable bonds is 2. The lowest BCUT2D eigenvalue weighted by Gasteiger charge is -2.23. The summed E-state index contributed by atoms with van der Waals surface area (Å²) >= 11 is 0. The van der Waals surface area contributed by atoms with E-state index in [9.17, 15) is 4.79 Å². The van der Waals surface area contributed by atoms with Crippen molar-refractivity contribution in [2.75, 3.05) is 18.4 Å². The molecule has 2 heterocycles. The van der Waals surface area contributed by atoms with Crippen LogP contribution in [-0.2, 0) is 11.8 Å². The number of hydrogen-bond donors (Lipinski definition) is 2. The Labute approximate surface area is 123 Å². The molecule has 2 fully saturated rings. The molecule has 0 radical (unpaired) electrons. The fraction of sp³-hybridized carbons (Fsp3) is 0.500. The average Bonchev–Trinajstić information content (AvgIpc) is 3.06. The second kappa shape index (κ2) is 4.56. The molecule has 0 bridgehead atoms. The first-order chi connectivity index (χ1) is 10.2. The van der Waals surface area contributed by atoms with Gasteiger partial charge in [-0.2, -0.15) is 0 Å². The highest BCUT2D eigenvalue weighted by molar-refractivity contribution is 5.96. The molecule has 1 saturated heterocycles. The molecule has 1 aromatic heterocycles. The smallest absolute Gasteiger partial charge is 0.228 e. The zero-order chi connectivity index (χ0) is 14.4. The van der Waals surface area contributed by atoms with Crippen LogP contribution in [0.2, 0.25) is 0 Å². The summed E-state index contributed by atoms with van der Waals surface area (Å²) in [6.07, 6.45) is 5.10. The number of anilines is 1. The van der Waals surface area contributed by atoms with E-state index in [1.54, 1.807) is 6.33 Å². The van der Waals surface area contributed by atoms with Crippen LogP contribution < -0.4 is 10.6 Å². The van der Waals surface area contributed by atoms with E-state index in [4.69, 9.17) is 0 Å². The number of piperidine rings is 1. The molecule has 4 rings (SSSR count). The van der Waals surface area contributed by atoms with Crippen molar-refractivity contribution in [2.24, 2.45) is 18.4 Å². The molecule has 1 aromatic carbocycles. The molecule has 1 amide bonds. The van der Waals surface area contributed by atoms with E-state index in [-0.39, 0.29) is 17.2 Å². The second-order valence-electron chi connectivity index (χ2n) is 6.42. The Morgan fingerprint density at radius 3 is 3.05 bits per heavy atom. The molecule has 1 atom stereocenters. The Kier molecular flexibility index (Phi) is 2.79. The minimum absolute atomic E-state index is 0.173. The van der Waals surface area contributed by atoms with Crippen molar-refractivity contribution in [3.63, 3.8) is 0 Å². The lowest BCUT2D eigenvalue weighted by atomic mass is 9.92. The van der Waals surface area contributed by atoms with E-state index in [2.05, 4.69) is 15.6 Å². The van der Waals surface area contributed by atoms with Gasteiger partial charge >= 0.3 is 0 Å². The molecule has 1 aliphatic heterocycles. The number of aryl methyl sites for hydroxylation is 1. The first-order valence-electron chi connectivity index (χ1n) is 7.61. The van der Waals surface area contributed by atoms with Gasteiger partial charge in [0.1, 0.15) is 0 Å². The predicted octanol–water partition coefficient (Wildman–Crippen LogP) is 1.90. The molecular formula is C16H20N4O. The lowest BCUT2D eigenvalue weighted by molar-refractivity contribution is -0.118. The Morgan fingerprint density at radius 1 is 1.43 bits per heavy atom. The number of hydrogen-bond acceptors (Lipinski definition) is 3. The SMILES string of the molecule is Cn1cnc2cc(NC(=O)C3CC34CCNCC4)ccc21. The number of aromatic nitrogens is 2. The van der Waals surface area contributed by atoms with Gasteiger partial charge in [0.2, 0.25) is 5.91 Å². The van der Waals surface area contributed by atoms with E-state index < -0.39 is 0 Å². The predicted molar refractivity (Wildman–Crippen MR) is 82.0 cm³/mol. The summed E-state index contributed by atoms with van der Waals surface area (Å²) in [6.45, 7) is 2.09. The topological polar surface area (TPSA) is 59.0 Å². The van der Waals surface area contributed by atoms with Crippen molar-refractivity contribution in [1.29, 1.82) is 0 Å². The highest BCUT2D eigenvalue weighted by Crippen LogP contribution is 2.58. The van der Waals surface area contributed by atoms with Gasteiger partial charge in [0, 0.05) is 18.7 Å². The quantitative estimate of drug-likeness (QED) is 0.885. The number of amides is 1. The van der Waals surface area contributed by atoms with Crippen molar-refractivity contribution >= 4 is 22.6 Å². The Morgan fingerprint density at radius 2 is 2.24 bits per heavy atom. The zero-order valence-electron chi connectivity index (χ0n) is 12.2. The third kappa shape index (κ3) is 2.12. The number of carbonyl (C=O) groups excluding carboxylic acids is 1. The fourth-order valence-electron chi connectivity index (χ4n) is 3.64. The molecule has 21 heavy (non-hydrogen) atoms. The average molecular weight is 284 g/mol. The van der Waals surface area contributed by atoms with Crippen molar-refractivity contribution in [1.82, 2.24) is 14.9 Å². The van der Waals surface area contributed by atoms with Crippen LogP contribution >= 0.6 is 0 Å². The van der Waals surface area contributed by atoms with Crippen LogP contribution in [0.25, 0.3) is 11.0 Å². The van der Waals surface area contributed by atoms with Gasteiger partial charge in [0.15, 0.2) is 0 Å². The number of nitrogens with one attached hydrogen (secondary N) is 2. The van der Waals surface area contributed by atoms with Crippen LogP contribution in [-0.4, -0.2) is 28.5 Å². The van der Waals surface area contributed by atoms with Crippen LogP contribution in [0.15, 0.2) is 24.5 Å². The van der Waals surface area contributed by atoms with E-state index in [1.165, 1.54) is 0 Å². The third-order valence-corrected chi connectivity index (χ3v) is 5.10. The van der Waals surface area contributed by atoms with Gasteiger partial charge in [-0.1, -0.05) is 0 Å². The summed E-state index contributed by atoms with van der Waals surface area (Å²) in [5, 5.41) is 6.44. The maximum Gasteiger partial charge on any atom is 0.228 e. The zero-order valence-corrected chi connectivity index (χ0v) is 12.2. The highest BCUT2D eigenvalue weighted by Gasteiger charge is 2.57. The normalized spacial score (nSPS) is 23.4. The minimum atomic E-state index is 0.173. The van der Waals surface area contributed by atoms with Gasteiger partial charge in [0.25, 0.3) is 0 Å².